The predicted molar refractivity (Wildman–Crippen MR) is 64.8 cm³/mol. The van der Waals surface area contributed by atoms with Crippen LogP contribution >= 0.6 is 11.3 Å². The van der Waals surface area contributed by atoms with Crippen LogP contribution in [0.15, 0.2) is 12.3 Å². The second-order valence-corrected chi connectivity index (χ2v) is 5.19. The van der Waals surface area contributed by atoms with E-state index in [0.29, 0.717) is 4.88 Å². The van der Waals surface area contributed by atoms with E-state index in [1.54, 1.807) is 0 Å². The molecule has 2 aromatic rings. The van der Waals surface area contributed by atoms with Crippen LogP contribution < -0.4 is 5.73 Å². The van der Waals surface area contributed by atoms with Gasteiger partial charge >= 0.3 is 0 Å². The van der Waals surface area contributed by atoms with Gasteiger partial charge in [0, 0.05) is 11.6 Å². The molecule has 0 atom stereocenters. The van der Waals surface area contributed by atoms with Crippen molar-refractivity contribution < 1.29 is 4.79 Å². The number of rotatable bonds is 1. The first-order valence-corrected chi connectivity index (χ1v) is 6.27. The van der Waals surface area contributed by atoms with Crippen molar-refractivity contribution >= 4 is 27.5 Å². The number of amides is 1. The van der Waals surface area contributed by atoms with Gasteiger partial charge in [-0.1, -0.05) is 0 Å². The van der Waals surface area contributed by atoms with E-state index in [9.17, 15) is 4.79 Å². The highest BCUT2D eigenvalue weighted by molar-refractivity contribution is 7.20. The number of primary amides is 1. The van der Waals surface area contributed by atoms with Crippen molar-refractivity contribution in [1.29, 1.82) is 0 Å². The minimum Gasteiger partial charge on any atom is -0.365 e. The zero-order valence-electron chi connectivity index (χ0n) is 8.82. The lowest BCUT2D eigenvalue weighted by Gasteiger charge is -2.15. The molecular formula is C12H12N2OS. The van der Waals surface area contributed by atoms with Crippen molar-refractivity contribution in [1.82, 2.24) is 4.98 Å². The maximum absolute atomic E-state index is 11.1. The monoisotopic (exact) mass is 232 g/mol. The molecule has 0 aromatic carbocycles. The minimum absolute atomic E-state index is 0.354. The number of aromatic nitrogens is 1. The molecule has 82 valence electrons. The Morgan fingerprint density at radius 3 is 3.00 bits per heavy atom. The van der Waals surface area contributed by atoms with E-state index >= 15 is 0 Å². The first-order chi connectivity index (χ1) is 7.75. The summed E-state index contributed by atoms with van der Waals surface area (Å²) in [4.78, 5) is 17.1. The van der Waals surface area contributed by atoms with Crippen molar-refractivity contribution in [3.05, 3.63) is 28.3 Å². The minimum atomic E-state index is -0.354. The summed E-state index contributed by atoms with van der Waals surface area (Å²) in [5, 5.41) is 1.14. The number of carbonyl (C=O) groups is 1. The van der Waals surface area contributed by atoms with Crippen LogP contribution in [-0.4, -0.2) is 10.9 Å². The Kier molecular flexibility index (Phi) is 2.17. The zero-order chi connectivity index (χ0) is 11.1. The molecule has 0 fully saturated rings. The van der Waals surface area contributed by atoms with Crippen molar-refractivity contribution in [2.45, 2.75) is 25.7 Å². The number of thiophene rings is 1. The van der Waals surface area contributed by atoms with E-state index in [-0.39, 0.29) is 5.91 Å². The lowest BCUT2D eigenvalue weighted by Crippen LogP contribution is -2.08. The topological polar surface area (TPSA) is 56.0 Å². The molecular weight excluding hydrogens is 220 g/mol. The Morgan fingerprint density at radius 1 is 1.38 bits per heavy atom. The summed E-state index contributed by atoms with van der Waals surface area (Å²) in [6.45, 7) is 0. The Hall–Kier alpha value is -1.42. The molecule has 1 aliphatic carbocycles. The van der Waals surface area contributed by atoms with Crippen LogP contribution in [0.2, 0.25) is 0 Å². The van der Waals surface area contributed by atoms with Crippen LogP contribution in [-0.2, 0) is 12.8 Å². The summed E-state index contributed by atoms with van der Waals surface area (Å²) >= 11 is 1.39. The molecule has 2 aromatic heterocycles. The lowest BCUT2D eigenvalue weighted by molar-refractivity contribution is 0.100. The zero-order valence-corrected chi connectivity index (χ0v) is 9.64. The number of carbonyl (C=O) groups excluding carboxylic acids is 1. The Morgan fingerprint density at radius 2 is 2.19 bits per heavy atom. The molecule has 0 saturated heterocycles. The first-order valence-electron chi connectivity index (χ1n) is 5.46. The molecule has 2 N–H and O–H groups in total. The van der Waals surface area contributed by atoms with Crippen molar-refractivity contribution in [2.75, 3.05) is 0 Å². The van der Waals surface area contributed by atoms with Gasteiger partial charge in [0.15, 0.2) is 0 Å². The maximum Gasteiger partial charge on any atom is 0.258 e. The van der Waals surface area contributed by atoms with Crippen LogP contribution in [0, 0.1) is 0 Å². The van der Waals surface area contributed by atoms with E-state index < -0.39 is 0 Å². The molecule has 3 rings (SSSR count). The third-order valence-corrected chi connectivity index (χ3v) is 4.19. The standard InChI is InChI=1S/C12H12N2OS/c13-11(15)10-5-9-8-4-2-1-3-7(8)6-14-12(9)16-10/h5-6H,1-4H2,(H2,13,15). The number of aryl methyl sites for hydroxylation is 2. The van der Waals surface area contributed by atoms with Gasteiger partial charge < -0.3 is 5.73 Å². The Balaban J connectivity index is 2.26. The number of hydrogen-bond donors (Lipinski definition) is 1. The fourth-order valence-corrected chi connectivity index (χ4v) is 3.21. The van der Waals surface area contributed by atoms with Crippen LogP contribution in [0.4, 0.5) is 0 Å². The quantitative estimate of drug-likeness (QED) is 0.820. The average Bonchev–Trinajstić information content (AvgIpc) is 2.73. The fourth-order valence-electron chi connectivity index (χ4n) is 2.33. The van der Waals surface area contributed by atoms with Gasteiger partial charge in [-0.2, -0.15) is 0 Å². The first kappa shape index (κ1) is 9.78. The van der Waals surface area contributed by atoms with Gasteiger partial charge in [0.2, 0.25) is 0 Å². The summed E-state index contributed by atoms with van der Waals surface area (Å²) in [6, 6.07) is 1.90. The van der Waals surface area contributed by atoms with E-state index in [2.05, 4.69) is 4.98 Å². The van der Waals surface area contributed by atoms with E-state index in [1.165, 1.54) is 35.3 Å². The summed E-state index contributed by atoms with van der Waals surface area (Å²) < 4.78 is 0. The molecule has 1 aliphatic rings. The number of nitrogens with two attached hydrogens (primary N) is 1. The summed E-state index contributed by atoms with van der Waals surface area (Å²) in [7, 11) is 0. The van der Waals surface area contributed by atoms with Gasteiger partial charge in [-0.25, -0.2) is 4.98 Å². The van der Waals surface area contributed by atoms with Crippen LogP contribution in [0.25, 0.3) is 10.2 Å². The third-order valence-electron chi connectivity index (χ3n) is 3.13. The number of hydrogen-bond acceptors (Lipinski definition) is 3. The summed E-state index contributed by atoms with van der Waals surface area (Å²) in [5.74, 6) is -0.354. The molecule has 0 saturated carbocycles. The summed E-state index contributed by atoms with van der Waals surface area (Å²) in [6.07, 6.45) is 6.64. The normalized spacial score (nSPS) is 15.0. The molecule has 0 spiro atoms. The third kappa shape index (κ3) is 1.41. The van der Waals surface area contributed by atoms with Gasteiger partial charge in [-0.05, 0) is 42.9 Å². The highest BCUT2D eigenvalue weighted by Gasteiger charge is 2.16. The molecule has 0 bridgehead atoms. The van der Waals surface area contributed by atoms with Gasteiger partial charge in [-0.3, -0.25) is 4.79 Å². The van der Waals surface area contributed by atoms with Gasteiger partial charge in [-0.15, -0.1) is 11.3 Å². The molecule has 0 radical (unpaired) electrons. The summed E-state index contributed by atoms with van der Waals surface area (Å²) in [5.41, 5.74) is 8.01. The number of nitrogens with zero attached hydrogens (tertiary/aromatic N) is 1. The Bertz CT molecular complexity index is 574. The molecule has 0 unspecified atom stereocenters. The van der Waals surface area contributed by atoms with Crippen LogP contribution in [0.3, 0.4) is 0 Å². The predicted octanol–water partition coefficient (Wildman–Crippen LogP) is 2.27. The second kappa shape index (κ2) is 3.56. The smallest absolute Gasteiger partial charge is 0.258 e. The van der Waals surface area contributed by atoms with E-state index in [0.717, 1.165) is 23.1 Å². The van der Waals surface area contributed by atoms with Crippen LogP contribution in [0.1, 0.15) is 33.6 Å². The van der Waals surface area contributed by atoms with E-state index in [1.807, 2.05) is 12.3 Å². The lowest BCUT2D eigenvalue weighted by atomic mass is 9.91. The molecule has 2 heterocycles. The Labute approximate surface area is 97.3 Å². The second-order valence-electron chi connectivity index (χ2n) is 4.16. The van der Waals surface area contributed by atoms with Gasteiger partial charge in [0.1, 0.15) is 4.83 Å². The highest BCUT2D eigenvalue weighted by atomic mass is 32.1. The molecule has 4 heteroatoms. The van der Waals surface area contributed by atoms with Crippen molar-refractivity contribution in [3.8, 4) is 0 Å². The van der Waals surface area contributed by atoms with Crippen molar-refractivity contribution in [3.63, 3.8) is 0 Å². The van der Waals surface area contributed by atoms with Gasteiger partial charge in [0.05, 0.1) is 4.88 Å². The SMILES string of the molecule is NC(=O)c1cc2c3c(cnc2s1)CCCC3. The maximum atomic E-state index is 11.1. The van der Waals surface area contributed by atoms with Crippen LogP contribution in [0.5, 0.6) is 0 Å². The molecule has 0 aliphatic heterocycles. The largest absolute Gasteiger partial charge is 0.365 e. The molecule has 3 nitrogen and oxygen atoms in total. The van der Waals surface area contributed by atoms with E-state index in [4.69, 9.17) is 5.73 Å². The average molecular weight is 232 g/mol. The fraction of sp³-hybridized carbons (Fsp3) is 0.333. The molecule has 1 amide bonds. The highest BCUT2D eigenvalue weighted by Crippen LogP contribution is 2.32. The number of fused-ring (bicyclic) bond motifs is 3. The molecule has 16 heavy (non-hydrogen) atoms. The van der Waals surface area contributed by atoms with Gasteiger partial charge in [0.25, 0.3) is 5.91 Å². The number of pyridine rings is 1. The van der Waals surface area contributed by atoms with Crippen molar-refractivity contribution in [2.24, 2.45) is 5.73 Å².